The molecule has 0 saturated heterocycles. The molecule has 1 saturated carbocycles. The van der Waals surface area contributed by atoms with Crippen LogP contribution in [0.5, 0.6) is 0 Å². The molecule has 0 radical (unpaired) electrons. The first-order chi connectivity index (χ1) is 10.5. The van der Waals surface area contributed by atoms with Crippen LogP contribution in [0.25, 0.3) is 22.6 Å². The Labute approximate surface area is 140 Å². The van der Waals surface area contributed by atoms with Gasteiger partial charge in [0.1, 0.15) is 5.58 Å². The average molecular weight is 334 g/mol. The lowest BCUT2D eigenvalue weighted by Gasteiger charge is -2.17. The van der Waals surface area contributed by atoms with Gasteiger partial charge >= 0.3 is 0 Å². The fourth-order valence-corrected chi connectivity index (χ4v) is 3.16. The fourth-order valence-electron chi connectivity index (χ4n) is 3.16. The molecule has 4 rings (SSSR count). The molecule has 2 N–H and O–H groups in total. The van der Waals surface area contributed by atoms with Gasteiger partial charge in [-0.3, -0.25) is 0 Å². The van der Waals surface area contributed by atoms with Crippen LogP contribution >= 0.6 is 12.4 Å². The molecule has 0 bridgehead atoms. The summed E-state index contributed by atoms with van der Waals surface area (Å²) in [6, 6.07) is 6.08. The van der Waals surface area contributed by atoms with Crippen molar-refractivity contribution in [1.82, 2.24) is 10.1 Å². The van der Waals surface area contributed by atoms with Gasteiger partial charge in [-0.2, -0.15) is 4.98 Å². The van der Waals surface area contributed by atoms with Crippen molar-refractivity contribution in [1.29, 1.82) is 0 Å². The van der Waals surface area contributed by atoms with Crippen LogP contribution in [0.1, 0.15) is 42.6 Å². The van der Waals surface area contributed by atoms with Crippen molar-refractivity contribution in [2.24, 2.45) is 5.73 Å². The van der Waals surface area contributed by atoms with E-state index in [1.807, 2.05) is 12.1 Å². The summed E-state index contributed by atoms with van der Waals surface area (Å²) >= 11 is 0. The second-order valence-corrected chi connectivity index (χ2v) is 6.37. The van der Waals surface area contributed by atoms with Crippen LogP contribution in [0, 0.1) is 13.8 Å². The number of halogens is 1. The molecule has 2 heterocycles. The third-order valence-corrected chi connectivity index (χ3v) is 4.71. The van der Waals surface area contributed by atoms with E-state index in [-0.39, 0.29) is 12.4 Å². The highest BCUT2D eigenvalue weighted by Crippen LogP contribution is 2.36. The van der Waals surface area contributed by atoms with Gasteiger partial charge in [0.15, 0.2) is 11.6 Å². The molecular formula is C17H20ClN3O2. The highest BCUT2D eigenvalue weighted by molar-refractivity contribution is 5.85. The van der Waals surface area contributed by atoms with E-state index >= 15 is 0 Å². The molecular weight excluding hydrogens is 314 g/mol. The summed E-state index contributed by atoms with van der Waals surface area (Å²) in [5, 5.41) is 5.12. The molecule has 0 spiro atoms. The lowest BCUT2D eigenvalue weighted by Crippen LogP contribution is -2.34. The molecule has 0 amide bonds. The molecule has 2 aromatic heterocycles. The highest BCUT2D eigenvalue weighted by Gasteiger charge is 2.36. The van der Waals surface area contributed by atoms with E-state index in [1.54, 1.807) is 0 Å². The van der Waals surface area contributed by atoms with Crippen molar-refractivity contribution in [3.8, 4) is 11.7 Å². The van der Waals surface area contributed by atoms with Crippen LogP contribution in [0.4, 0.5) is 0 Å². The minimum Gasteiger partial charge on any atom is -0.451 e. The van der Waals surface area contributed by atoms with E-state index in [0.29, 0.717) is 17.5 Å². The maximum atomic E-state index is 6.37. The normalized spacial score (nSPS) is 16.7. The Kier molecular flexibility index (Phi) is 3.94. The number of furan rings is 1. The maximum absolute atomic E-state index is 6.37. The van der Waals surface area contributed by atoms with E-state index in [9.17, 15) is 0 Å². The Bertz CT molecular complexity index is 808. The maximum Gasteiger partial charge on any atom is 0.293 e. The molecule has 1 fully saturated rings. The van der Waals surface area contributed by atoms with Crippen LogP contribution in [0.15, 0.2) is 27.1 Å². The van der Waals surface area contributed by atoms with E-state index in [4.69, 9.17) is 14.7 Å². The molecule has 3 aromatic rings. The number of nitrogens with zero attached hydrogens (tertiary/aromatic N) is 2. The average Bonchev–Trinajstić information content (AvgIpc) is 3.18. The van der Waals surface area contributed by atoms with Gasteiger partial charge in [-0.05, 0) is 56.0 Å². The molecule has 5 nitrogen and oxygen atoms in total. The summed E-state index contributed by atoms with van der Waals surface area (Å²) in [7, 11) is 0. The second-order valence-electron chi connectivity index (χ2n) is 6.37. The first-order valence-corrected chi connectivity index (χ1v) is 7.69. The van der Waals surface area contributed by atoms with Crippen LogP contribution < -0.4 is 5.73 Å². The molecule has 6 heteroatoms. The minimum atomic E-state index is -0.444. The number of hydrogen-bond donors (Lipinski definition) is 1. The summed E-state index contributed by atoms with van der Waals surface area (Å²) in [5.74, 6) is 1.59. The molecule has 122 valence electrons. The minimum absolute atomic E-state index is 0. The first-order valence-electron chi connectivity index (χ1n) is 7.69. The Hall–Kier alpha value is -1.85. The van der Waals surface area contributed by atoms with Crippen molar-refractivity contribution in [3.05, 3.63) is 35.2 Å². The van der Waals surface area contributed by atoms with Gasteiger partial charge in [-0.1, -0.05) is 18.0 Å². The van der Waals surface area contributed by atoms with Crippen molar-refractivity contribution in [2.45, 2.75) is 45.1 Å². The summed E-state index contributed by atoms with van der Waals surface area (Å²) in [5.41, 5.74) is 9.20. The number of benzene rings is 1. The van der Waals surface area contributed by atoms with Crippen LogP contribution in [0.3, 0.4) is 0 Å². The Balaban J connectivity index is 0.00000156. The summed E-state index contributed by atoms with van der Waals surface area (Å²) in [4.78, 5) is 4.48. The van der Waals surface area contributed by atoms with Gasteiger partial charge in [0.05, 0.1) is 5.54 Å². The van der Waals surface area contributed by atoms with Gasteiger partial charge in [0.2, 0.25) is 0 Å². The second kappa shape index (κ2) is 5.65. The smallest absolute Gasteiger partial charge is 0.293 e. The lowest BCUT2D eigenvalue weighted by molar-refractivity contribution is 0.369. The summed E-state index contributed by atoms with van der Waals surface area (Å²) < 4.78 is 11.2. The monoisotopic (exact) mass is 333 g/mol. The van der Waals surface area contributed by atoms with Crippen molar-refractivity contribution in [3.63, 3.8) is 0 Å². The van der Waals surface area contributed by atoms with E-state index in [0.717, 1.165) is 36.7 Å². The van der Waals surface area contributed by atoms with Crippen molar-refractivity contribution in [2.75, 3.05) is 0 Å². The Morgan fingerprint density at radius 1 is 1.09 bits per heavy atom. The molecule has 23 heavy (non-hydrogen) atoms. The standard InChI is InChI=1S/C17H19N3O2.ClH/c1-10-7-12-9-14(21-13(12)8-11(10)2)15-19-16(20-22-15)17(18)5-3-4-6-17;/h7-9H,3-6,18H2,1-2H3;1H. The zero-order valence-corrected chi connectivity index (χ0v) is 14.1. The Morgan fingerprint density at radius 3 is 2.52 bits per heavy atom. The molecule has 1 aliphatic carbocycles. The number of nitrogens with two attached hydrogens (primary N) is 1. The lowest BCUT2D eigenvalue weighted by atomic mass is 9.99. The van der Waals surface area contributed by atoms with E-state index in [2.05, 4.69) is 30.1 Å². The largest absolute Gasteiger partial charge is 0.451 e. The number of rotatable bonds is 2. The topological polar surface area (TPSA) is 78.1 Å². The highest BCUT2D eigenvalue weighted by atomic mass is 35.5. The third-order valence-electron chi connectivity index (χ3n) is 4.71. The van der Waals surface area contributed by atoms with Gasteiger partial charge in [0.25, 0.3) is 5.89 Å². The third kappa shape index (κ3) is 2.64. The fraction of sp³-hybridized carbons (Fsp3) is 0.412. The molecule has 0 atom stereocenters. The van der Waals surface area contributed by atoms with Crippen molar-refractivity contribution >= 4 is 23.4 Å². The van der Waals surface area contributed by atoms with Gasteiger partial charge in [-0.25, -0.2) is 0 Å². The van der Waals surface area contributed by atoms with Gasteiger partial charge in [-0.15, -0.1) is 12.4 Å². The quantitative estimate of drug-likeness (QED) is 0.758. The SMILES string of the molecule is Cc1cc2cc(-c3nc(C4(N)CCCC4)no3)oc2cc1C.Cl. The van der Waals surface area contributed by atoms with E-state index < -0.39 is 5.54 Å². The number of hydrogen-bond acceptors (Lipinski definition) is 5. The zero-order valence-electron chi connectivity index (χ0n) is 13.3. The number of fused-ring (bicyclic) bond motifs is 1. The number of aromatic nitrogens is 2. The molecule has 0 unspecified atom stereocenters. The van der Waals surface area contributed by atoms with Gasteiger partial charge < -0.3 is 14.7 Å². The summed E-state index contributed by atoms with van der Waals surface area (Å²) in [6.07, 6.45) is 4.04. The predicted octanol–water partition coefficient (Wildman–Crippen LogP) is 4.25. The molecule has 1 aliphatic rings. The van der Waals surface area contributed by atoms with E-state index in [1.165, 1.54) is 11.1 Å². The first kappa shape index (κ1) is 16.0. The van der Waals surface area contributed by atoms with Crippen molar-refractivity contribution < 1.29 is 8.94 Å². The number of aryl methyl sites for hydroxylation is 2. The van der Waals surface area contributed by atoms with Gasteiger partial charge in [0, 0.05) is 5.39 Å². The zero-order chi connectivity index (χ0) is 15.3. The van der Waals surface area contributed by atoms with Crippen LogP contribution in [0.2, 0.25) is 0 Å². The Morgan fingerprint density at radius 2 is 1.78 bits per heavy atom. The van der Waals surface area contributed by atoms with Crippen LogP contribution in [-0.4, -0.2) is 10.1 Å². The predicted molar refractivity (Wildman–Crippen MR) is 90.6 cm³/mol. The molecule has 1 aromatic carbocycles. The summed E-state index contributed by atoms with van der Waals surface area (Å²) in [6.45, 7) is 4.16. The molecule has 0 aliphatic heterocycles. The van der Waals surface area contributed by atoms with Crippen LogP contribution in [-0.2, 0) is 5.54 Å².